The third-order valence-corrected chi connectivity index (χ3v) is 5.46. The number of nitrogens with two attached hydrogens (primary N) is 1. The molecule has 1 aromatic heterocycles. The minimum Gasteiger partial charge on any atom is -0.493 e. The van der Waals surface area contributed by atoms with Gasteiger partial charge in [0.2, 0.25) is 11.8 Å². The second kappa shape index (κ2) is 9.49. The van der Waals surface area contributed by atoms with Crippen LogP contribution in [0.4, 0.5) is 0 Å². The number of rotatable bonds is 9. The summed E-state index contributed by atoms with van der Waals surface area (Å²) in [5.41, 5.74) is 7.54. The molecule has 3 rings (SSSR count). The van der Waals surface area contributed by atoms with Gasteiger partial charge in [0.15, 0.2) is 11.5 Å². The van der Waals surface area contributed by atoms with Crippen LogP contribution in [-0.4, -0.2) is 41.5 Å². The van der Waals surface area contributed by atoms with E-state index < -0.39 is 11.9 Å². The number of hydrogen-bond donors (Lipinski definition) is 1. The van der Waals surface area contributed by atoms with E-state index in [0.29, 0.717) is 30.9 Å². The van der Waals surface area contributed by atoms with Crippen molar-refractivity contribution in [2.24, 2.45) is 5.73 Å². The number of aryl methyl sites for hydroxylation is 1. The number of amides is 2. The molecular formula is C22H29N3O4. The molecule has 0 saturated heterocycles. The van der Waals surface area contributed by atoms with Gasteiger partial charge in [-0.15, -0.1) is 0 Å². The second-order valence-electron chi connectivity index (χ2n) is 7.35. The maximum Gasteiger partial charge on any atom is 0.240 e. The number of benzene rings is 1. The molecule has 0 aliphatic carbocycles. The summed E-state index contributed by atoms with van der Waals surface area (Å²) in [5, 5.41) is 0. The molecule has 0 saturated carbocycles. The van der Waals surface area contributed by atoms with Gasteiger partial charge < -0.3 is 24.7 Å². The molecule has 1 aliphatic rings. The average molecular weight is 399 g/mol. The van der Waals surface area contributed by atoms with Crippen LogP contribution < -0.4 is 15.2 Å². The molecule has 7 heteroatoms. The van der Waals surface area contributed by atoms with Crippen LogP contribution in [0.3, 0.4) is 0 Å². The predicted octanol–water partition coefficient (Wildman–Crippen LogP) is 2.50. The largest absolute Gasteiger partial charge is 0.493 e. The van der Waals surface area contributed by atoms with Crippen molar-refractivity contribution in [1.82, 2.24) is 9.47 Å². The molecule has 7 nitrogen and oxygen atoms in total. The number of fused-ring (bicyclic) bond motifs is 1. The average Bonchev–Trinajstić information content (AvgIpc) is 3.24. The molecule has 1 atom stereocenters. The number of carbonyl (C=O) groups is 2. The lowest BCUT2D eigenvalue weighted by molar-refractivity contribution is -0.140. The van der Waals surface area contributed by atoms with Gasteiger partial charge in [0.1, 0.15) is 6.04 Å². The van der Waals surface area contributed by atoms with Crippen molar-refractivity contribution < 1.29 is 19.1 Å². The van der Waals surface area contributed by atoms with E-state index in [1.807, 2.05) is 36.7 Å². The highest BCUT2D eigenvalue weighted by Gasteiger charge is 2.33. The van der Waals surface area contributed by atoms with Gasteiger partial charge in [-0.25, -0.2) is 0 Å². The lowest BCUT2D eigenvalue weighted by Crippen LogP contribution is -2.51. The highest BCUT2D eigenvalue weighted by Crippen LogP contribution is 2.35. The molecule has 2 amide bonds. The van der Waals surface area contributed by atoms with Gasteiger partial charge in [0, 0.05) is 38.3 Å². The minimum absolute atomic E-state index is 0.0322. The van der Waals surface area contributed by atoms with Crippen molar-refractivity contribution in [2.45, 2.75) is 51.2 Å². The molecule has 2 heterocycles. The zero-order valence-electron chi connectivity index (χ0n) is 17.1. The number of nitrogens with zero attached hydrogens (tertiary/aromatic N) is 2. The quantitative estimate of drug-likeness (QED) is 0.657. The lowest BCUT2D eigenvalue weighted by atomic mass is 9.92. The van der Waals surface area contributed by atoms with Gasteiger partial charge in [-0.05, 0) is 48.2 Å². The minimum atomic E-state index is -0.632. The third-order valence-electron chi connectivity index (χ3n) is 5.46. The molecule has 2 N–H and O–H groups in total. The lowest BCUT2D eigenvalue weighted by Gasteiger charge is -2.35. The smallest absolute Gasteiger partial charge is 0.240 e. The summed E-state index contributed by atoms with van der Waals surface area (Å²) >= 11 is 0. The van der Waals surface area contributed by atoms with E-state index in [1.165, 1.54) is 0 Å². The Morgan fingerprint density at radius 3 is 2.31 bits per heavy atom. The fourth-order valence-electron chi connectivity index (χ4n) is 3.84. The van der Waals surface area contributed by atoms with Crippen LogP contribution in [0.5, 0.6) is 11.5 Å². The Labute approximate surface area is 171 Å². The SMILES string of the molecule is COc1cc2c(cc1OC)CN(C(=O)CCCCCn1cccc1)C(C(N)=O)C2. The number of hydrogen-bond acceptors (Lipinski definition) is 4. The van der Waals surface area contributed by atoms with Crippen molar-refractivity contribution in [3.05, 3.63) is 47.8 Å². The van der Waals surface area contributed by atoms with Crippen molar-refractivity contribution in [3.63, 3.8) is 0 Å². The van der Waals surface area contributed by atoms with E-state index in [1.54, 1.807) is 19.1 Å². The Kier molecular flexibility index (Phi) is 6.80. The normalized spacial score (nSPS) is 15.7. The highest BCUT2D eigenvalue weighted by molar-refractivity contribution is 5.87. The van der Waals surface area contributed by atoms with E-state index in [-0.39, 0.29) is 5.91 Å². The highest BCUT2D eigenvalue weighted by atomic mass is 16.5. The monoisotopic (exact) mass is 399 g/mol. The van der Waals surface area contributed by atoms with Crippen LogP contribution >= 0.6 is 0 Å². The summed E-state index contributed by atoms with van der Waals surface area (Å²) in [4.78, 5) is 26.5. The molecule has 1 aliphatic heterocycles. The summed E-state index contributed by atoms with van der Waals surface area (Å²) in [6.07, 6.45) is 7.65. The topological polar surface area (TPSA) is 86.8 Å². The number of unbranched alkanes of at least 4 members (excludes halogenated alkanes) is 2. The fraction of sp³-hybridized carbons (Fsp3) is 0.455. The van der Waals surface area contributed by atoms with Crippen molar-refractivity contribution in [1.29, 1.82) is 0 Å². The molecule has 0 bridgehead atoms. The van der Waals surface area contributed by atoms with Crippen molar-refractivity contribution >= 4 is 11.8 Å². The summed E-state index contributed by atoms with van der Waals surface area (Å²) in [5.74, 6) is 0.708. The molecular weight excluding hydrogens is 370 g/mol. The van der Waals surface area contributed by atoms with Gasteiger partial charge >= 0.3 is 0 Å². The van der Waals surface area contributed by atoms with Crippen LogP contribution in [0.2, 0.25) is 0 Å². The Hall–Kier alpha value is -2.96. The Morgan fingerprint density at radius 2 is 1.69 bits per heavy atom. The van der Waals surface area contributed by atoms with Crippen LogP contribution in [0.1, 0.15) is 36.8 Å². The van der Waals surface area contributed by atoms with Crippen LogP contribution in [0, 0.1) is 0 Å². The molecule has 0 fully saturated rings. The molecule has 156 valence electrons. The molecule has 0 radical (unpaired) electrons. The van der Waals surface area contributed by atoms with E-state index >= 15 is 0 Å². The van der Waals surface area contributed by atoms with Crippen LogP contribution in [0.15, 0.2) is 36.7 Å². The summed E-state index contributed by atoms with van der Waals surface area (Å²) < 4.78 is 12.9. The van der Waals surface area contributed by atoms with E-state index in [9.17, 15) is 9.59 Å². The number of ether oxygens (including phenoxy) is 2. The summed E-state index contributed by atoms with van der Waals surface area (Å²) in [7, 11) is 3.15. The standard InChI is InChI=1S/C22H29N3O4/c1-28-19-13-16-12-18(22(23)27)25(15-17(16)14-20(19)29-2)21(26)8-4-3-5-9-24-10-6-7-11-24/h6-7,10-11,13-14,18H,3-5,8-9,12,15H2,1-2H3,(H2,23,27). The first-order chi connectivity index (χ1) is 14.0. The zero-order valence-corrected chi connectivity index (χ0v) is 17.1. The summed E-state index contributed by atoms with van der Waals surface area (Å²) in [6, 6.07) is 7.13. The van der Waals surface area contributed by atoms with Gasteiger partial charge in [-0.2, -0.15) is 0 Å². The maximum absolute atomic E-state index is 12.8. The van der Waals surface area contributed by atoms with E-state index in [4.69, 9.17) is 15.2 Å². The maximum atomic E-state index is 12.8. The molecule has 0 spiro atoms. The van der Waals surface area contributed by atoms with E-state index in [0.717, 1.165) is 36.9 Å². The Balaban J connectivity index is 1.62. The Bertz CT molecular complexity index is 848. The molecule has 2 aromatic rings. The number of methoxy groups -OCH3 is 2. The number of carbonyl (C=O) groups excluding carboxylic acids is 2. The molecule has 29 heavy (non-hydrogen) atoms. The van der Waals surface area contributed by atoms with Crippen molar-refractivity contribution in [3.8, 4) is 11.5 Å². The van der Waals surface area contributed by atoms with Crippen LogP contribution in [-0.2, 0) is 29.1 Å². The van der Waals surface area contributed by atoms with Crippen LogP contribution in [0.25, 0.3) is 0 Å². The van der Waals surface area contributed by atoms with E-state index in [2.05, 4.69) is 4.57 Å². The first-order valence-corrected chi connectivity index (χ1v) is 9.96. The zero-order chi connectivity index (χ0) is 20.8. The second-order valence-corrected chi connectivity index (χ2v) is 7.35. The van der Waals surface area contributed by atoms with Gasteiger partial charge in [0.25, 0.3) is 0 Å². The summed E-state index contributed by atoms with van der Waals surface area (Å²) in [6.45, 7) is 1.30. The first-order valence-electron chi connectivity index (χ1n) is 9.96. The van der Waals surface area contributed by atoms with Gasteiger partial charge in [-0.3, -0.25) is 9.59 Å². The first kappa shape index (κ1) is 20.8. The fourth-order valence-corrected chi connectivity index (χ4v) is 3.84. The number of primary amides is 1. The number of aromatic nitrogens is 1. The van der Waals surface area contributed by atoms with Gasteiger partial charge in [-0.1, -0.05) is 6.42 Å². The Morgan fingerprint density at radius 1 is 1.03 bits per heavy atom. The third kappa shape index (κ3) is 4.91. The predicted molar refractivity (Wildman–Crippen MR) is 110 cm³/mol. The van der Waals surface area contributed by atoms with Crippen molar-refractivity contribution in [2.75, 3.05) is 14.2 Å². The van der Waals surface area contributed by atoms with Gasteiger partial charge in [0.05, 0.1) is 14.2 Å². The molecule has 1 unspecified atom stereocenters. The molecule has 1 aromatic carbocycles.